The molecular formula is C20H20BrCl2FN4O. The van der Waals surface area contributed by atoms with E-state index < -0.39 is 11.9 Å². The quantitative estimate of drug-likeness (QED) is 0.480. The fraction of sp³-hybridized carbons (Fsp3) is 0.250. The molecule has 0 saturated carbocycles. The molecule has 2 aromatic carbocycles. The van der Waals surface area contributed by atoms with E-state index >= 15 is 0 Å². The highest BCUT2D eigenvalue weighted by atomic mass is 79.9. The molecule has 9 heteroatoms. The molecule has 0 saturated heterocycles. The van der Waals surface area contributed by atoms with Crippen molar-refractivity contribution in [2.75, 3.05) is 25.6 Å². The molecule has 0 amide bonds. The monoisotopic (exact) mass is 500 g/mol. The first-order valence-electron chi connectivity index (χ1n) is 8.81. The molecule has 29 heavy (non-hydrogen) atoms. The minimum absolute atomic E-state index is 0.0392. The number of aliphatic hydroxyl groups is 1. The van der Waals surface area contributed by atoms with Crippen LogP contribution in [0.1, 0.15) is 17.3 Å². The van der Waals surface area contributed by atoms with Crippen LogP contribution in [0.2, 0.25) is 10.2 Å². The standard InChI is InChI=1S/C20H20BrCl2FN4O/c1-27(2)20-26-17(19(23)28(20)14-6-4-13(21)5-7-14)10-25-18(11-29)12-3-8-15(22)16(24)9-12/h3-9,18,25,29H,10-11H2,1-2H3. The van der Waals surface area contributed by atoms with Gasteiger partial charge in [0, 0.05) is 25.1 Å². The van der Waals surface area contributed by atoms with Gasteiger partial charge in [-0.1, -0.05) is 45.2 Å². The molecule has 0 radical (unpaired) electrons. The third kappa shape index (κ3) is 4.92. The summed E-state index contributed by atoms with van der Waals surface area (Å²) in [5.41, 5.74) is 2.08. The van der Waals surface area contributed by atoms with E-state index in [0.29, 0.717) is 28.9 Å². The average molecular weight is 502 g/mol. The molecule has 5 nitrogen and oxygen atoms in total. The smallest absolute Gasteiger partial charge is 0.211 e. The van der Waals surface area contributed by atoms with Crippen molar-refractivity contribution in [1.82, 2.24) is 14.9 Å². The van der Waals surface area contributed by atoms with Gasteiger partial charge in [-0.2, -0.15) is 0 Å². The van der Waals surface area contributed by atoms with E-state index in [1.54, 1.807) is 6.07 Å². The number of nitrogens with zero attached hydrogens (tertiary/aromatic N) is 3. The molecule has 1 aromatic heterocycles. The summed E-state index contributed by atoms with van der Waals surface area (Å²) in [5, 5.41) is 13.4. The van der Waals surface area contributed by atoms with E-state index in [0.717, 1.165) is 10.2 Å². The van der Waals surface area contributed by atoms with Gasteiger partial charge >= 0.3 is 0 Å². The fourth-order valence-electron chi connectivity index (χ4n) is 2.90. The van der Waals surface area contributed by atoms with Gasteiger partial charge in [-0.15, -0.1) is 0 Å². The Kier molecular flexibility index (Phi) is 7.19. The Morgan fingerprint density at radius 1 is 1.21 bits per heavy atom. The number of aromatic nitrogens is 2. The second-order valence-electron chi connectivity index (χ2n) is 6.65. The van der Waals surface area contributed by atoms with Crippen LogP contribution in [-0.4, -0.2) is 35.4 Å². The second kappa shape index (κ2) is 9.45. The zero-order valence-corrected chi connectivity index (χ0v) is 18.9. The first kappa shape index (κ1) is 22.1. The lowest BCUT2D eigenvalue weighted by Gasteiger charge is -2.16. The highest BCUT2D eigenvalue weighted by Crippen LogP contribution is 2.29. The van der Waals surface area contributed by atoms with E-state index in [1.165, 1.54) is 12.1 Å². The maximum absolute atomic E-state index is 13.8. The number of rotatable bonds is 7. The van der Waals surface area contributed by atoms with Crippen LogP contribution in [0.15, 0.2) is 46.9 Å². The Hall–Kier alpha value is -1.64. The van der Waals surface area contributed by atoms with Crippen LogP contribution in [0, 0.1) is 5.82 Å². The van der Waals surface area contributed by atoms with Gasteiger partial charge in [0.1, 0.15) is 11.0 Å². The molecular weight excluding hydrogens is 482 g/mol. The first-order chi connectivity index (χ1) is 13.8. The van der Waals surface area contributed by atoms with E-state index in [4.69, 9.17) is 23.2 Å². The van der Waals surface area contributed by atoms with Gasteiger partial charge in [-0.05, 0) is 42.0 Å². The van der Waals surface area contributed by atoms with Crippen LogP contribution >= 0.6 is 39.1 Å². The van der Waals surface area contributed by atoms with Gasteiger partial charge in [0.15, 0.2) is 0 Å². The summed E-state index contributed by atoms with van der Waals surface area (Å²) < 4.78 is 16.6. The van der Waals surface area contributed by atoms with Crippen LogP contribution in [-0.2, 0) is 6.54 Å². The van der Waals surface area contributed by atoms with Crippen molar-refractivity contribution >= 4 is 45.1 Å². The van der Waals surface area contributed by atoms with Crippen molar-refractivity contribution in [3.05, 3.63) is 74.2 Å². The molecule has 1 heterocycles. The van der Waals surface area contributed by atoms with Gasteiger partial charge in [0.25, 0.3) is 0 Å². The number of aliphatic hydroxyl groups excluding tert-OH is 1. The molecule has 0 aliphatic heterocycles. The molecule has 3 rings (SSSR count). The Morgan fingerprint density at radius 3 is 2.48 bits per heavy atom. The maximum atomic E-state index is 13.8. The lowest BCUT2D eigenvalue weighted by atomic mass is 10.1. The highest BCUT2D eigenvalue weighted by molar-refractivity contribution is 9.10. The number of halogens is 4. The Morgan fingerprint density at radius 2 is 1.90 bits per heavy atom. The molecule has 3 aromatic rings. The van der Waals surface area contributed by atoms with E-state index in [1.807, 2.05) is 47.8 Å². The number of benzene rings is 2. The third-order valence-corrected chi connectivity index (χ3v) is 5.62. The van der Waals surface area contributed by atoms with Crippen molar-refractivity contribution in [3.63, 3.8) is 0 Å². The third-order valence-electron chi connectivity index (χ3n) is 4.40. The van der Waals surface area contributed by atoms with Crippen LogP contribution in [0.5, 0.6) is 0 Å². The largest absolute Gasteiger partial charge is 0.394 e. The molecule has 1 atom stereocenters. The Balaban J connectivity index is 1.88. The number of hydrogen-bond donors (Lipinski definition) is 2. The summed E-state index contributed by atoms with van der Waals surface area (Å²) >= 11 is 15.8. The number of hydrogen-bond acceptors (Lipinski definition) is 4. The van der Waals surface area contributed by atoms with Gasteiger partial charge in [-0.3, -0.25) is 4.57 Å². The first-order valence-corrected chi connectivity index (χ1v) is 10.4. The zero-order chi connectivity index (χ0) is 21.1. The predicted molar refractivity (Wildman–Crippen MR) is 119 cm³/mol. The SMILES string of the molecule is CN(C)c1nc(CNC(CO)c2ccc(Cl)c(F)c2)c(Cl)n1-c1ccc(Br)cc1. The second-order valence-corrected chi connectivity index (χ2v) is 8.33. The molecule has 0 fully saturated rings. The van der Waals surface area contributed by atoms with Gasteiger partial charge < -0.3 is 15.3 Å². The Labute approximate surface area is 187 Å². The summed E-state index contributed by atoms with van der Waals surface area (Å²) in [7, 11) is 3.77. The van der Waals surface area contributed by atoms with Crippen LogP contribution in [0.25, 0.3) is 5.69 Å². The molecule has 0 spiro atoms. The average Bonchev–Trinajstić information content (AvgIpc) is 3.02. The summed E-state index contributed by atoms with van der Waals surface area (Å²) in [5.74, 6) is 0.143. The topological polar surface area (TPSA) is 53.3 Å². The lowest BCUT2D eigenvalue weighted by Crippen LogP contribution is -2.24. The maximum Gasteiger partial charge on any atom is 0.211 e. The van der Waals surface area contributed by atoms with Crippen molar-refractivity contribution in [2.45, 2.75) is 12.6 Å². The zero-order valence-electron chi connectivity index (χ0n) is 15.8. The molecule has 154 valence electrons. The van der Waals surface area contributed by atoms with E-state index in [9.17, 15) is 9.50 Å². The summed E-state index contributed by atoms with van der Waals surface area (Å²) in [6, 6.07) is 11.7. The molecule has 0 bridgehead atoms. The number of anilines is 1. The van der Waals surface area contributed by atoms with Crippen molar-refractivity contribution < 1.29 is 9.50 Å². The Bertz CT molecular complexity index is 995. The molecule has 0 aliphatic carbocycles. The van der Waals surface area contributed by atoms with Gasteiger partial charge in [0.2, 0.25) is 5.95 Å². The molecule has 2 N–H and O–H groups in total. The minimum atomic E-state index is -0.531. The van der Waals surface area contributed by atoms with Crippen LogP contribution < -0.4 is 10.2 Å². The van der Waals surface area contributed by atoms with E-state index in [-0.39, 0.29) is 11.6 Å². The van der Waals surface area contributed by atoms with Crippen molar-refractivity contribution in [3.8, 4) is 5.69 Å². The molecule has 1 unspecified atom stereocenters. The summed E-state index contributed by atoms with van der Waals surface area (Å²) in [4.78, 5) is 6.52. The predicted octanol–water partition coefficient (Wildman–Crippen LogP) is 4.97. The minimum Gasteiger partial charge on any atom is -0.394 e. The summed E-state index contributed by atoms with van der Waals surface area (Å²) in [6.45, 7) is 0.0747. The van der Waals surface area contributed by atoms with Crippen LogP contribution in [0.3, 0.4) is 0 Å². The highest BCUT2D eigenvalue weighted by Gasteiger charge is 2.20. The number of nitrogens with one attached hydrogen (secondary N) is 1. The lowest BCUT2D eigenvalue weighted by molar-refractivity contribution is 0.243. The van der Waals surface area contributed by atoms with Gasteiger partial charge in [0.05, 0.1) is 29.1 Å². The summed E-state index contributed by atoms with van der Waals surface area (Å²) in [6.07, 6.45) is 0. The normalized spacial score (nSPS) is 12.2. The van der Waals surface area contributed by atoms with Gasteiger partial charge in [-0.25, -0.2) is 9.37 Å². The van der Waals surface area contributed by atoms with Crippen molar-refractivity contribution in [2.24, 2.45) is 0 Å². The molecule has 0 aliphatic rings. The number of imidazole rings is 1. The fourth-order valence-corrected chi connectivity index (χ4v) is 3.57. The van der Waals surface area contributed by atoms with E-state index in [2.05, 4.69) is 26.2 Å². The van der Waals surface area contributed by atoms with Crippen molar-refractivity contribution in [1.29, 1.82) is 0 Å². The van der Waals surface area contributed by atoms with Crippen LogP contribution in [0.4, 0.5) is 10.3 Å².